The molecule has 4 heteroatoms. The van der Waals surface area contributed by atoms with Crippen molar-refractivity contribution in [1.82, 2.24) is 0 Å². The molecule has 0 aliphatic carbocycles. The Balaban J connectivity index is 2.23. The maximum atomic E-state index is 12.6. The third-order valence-corrected chi connectivity index (χ3v) is 4.54. The molecular formula is C24H31NO3. The lowest BCUT2D eigenvalue weighted by molar-refractivity contribution is -0.111. The first-order valence-corrected chi connectivity index (χ1v) is 9.80. The topological polar surface area (TPSA) is 47.6 Å². The molecule has 0 saturated carbocycles. The molecule has 2 aromatic rings. The van der Waals surface area contributed by atoms with Gasteiger partial charge < -0.3 is 14.8 Å². The number of anilines is 1. The van der Waals surface area contributed by atoms with Gasteiger partial charge in [0.1, 0.15) is 0 Å². The summed E-state index contributed by atoms with van der Waals surface area (Å²) in [6.07, 6.45) is 3.33. The van der Waals surface area contributed by atoms with Crippen LogP contribution in [0.3, 0.4) is 0 Å². The Hall–Kier alpha value is -2.75. The Labute approximate surface area is 168 Å². The van der Waals surface area contributed by atoms with Crippen LogP contribution in [-0.4, -0.2) is 19.6 Å². The highest BCUT2D eigenvalue weighted by Gasteiger charge is 2.15. The summed E-state index contributed by atoms with van der Waals surface area (Å²) in [6, 6.07) is 11.8. The monoisotopic (exact) mass is 381 g/mol. The highest BCUT2D eigenvalue weighted by Crippen LogP contribution is 2.32. The second kappa shape index (κ2) is 9.98. The number of hydrogen-bond donors (Lipinski definition) is 1. The van der Waals surface area contributed by atoms with Gasteiger partial charge in [-0.2, -0.15) is 0 Å². The van der Waals surface area contributed by atoms with Crippen molar-refractivity contribution in [2.45, 2.75) is 46.5 Å². The predicted octanol–water partition coefficient (Wildman–Crippen LogP) is 5.99. The number of nitrogens with one attached hydrogen (secondary N) is 1. The Morgan fingerprint density at radius 1 is 1.04 bits per heavy atom. The van der Waals surface area contributed by atoms with Crippen LogP contribution in [0.25, 0.3) is 6.08 Å². The Morgan fingerprint density at radius 2 is 1.68 bits per heavy atom. The van der Waals surface area contributed by atoms with E-state index >= 15 is 0 Å². The van der Waals surface area contributed by atoms with Crippen LogP contribution in [0.5, 0.6) is 11.5 Å². The minimum Gasteiger partial charge on any atom is -0.493 e. The molecule has 2 aromatic carbocycles. The number of rotatable bonds is 8. The van der Waals surface area contributed by atoms with E-state index in [1.165, 1.54) is 0 Å². The van der Waals surface area contributed by atoms with E-state index in [0.717, 1.165) is 22.4 Å². The van der Waals surface area contributed by atoms with Crippen molar-refractivity contribution in [2.24, 2.45) is 0 Å². The van der Waals surface area contributed by atoms with E-state index in [0.29, 0.717) is 29.9 Å². The van der Waals surface area contributed by atoms with Gasteiger partial charge >= 0.3 is 0 Å². The first-order chi connectivity index (χ1) is 13.4. The molecule has 4 nitrogen and oxygen atoms in total. The molecule has 0 unspecified atom stereocenters. The Morgan fingerprint density at radius 3 is 2.21 bits per heavy atom. The molecule has 0 saturated heterocycles. The van der Waals surface area contributed by atoms with Gasteiger partial charge in [-0.15, -0.1) is 0 Å². The Kier molecular flexibility index (Phi) is 7.68. The summed E-state index contributed by atoms with van der Waals surface area (Å²) in [5.41, 5.74) is 4.09. The molecule has 0 aromatic heterocycles. The molecular weight excluding hydrogens is 350 g/mol. The number of carbonyl (C=O) groups is 1. The van der Waals surface area contributed by atoms with Gasteiger partial charge in [-0.1, -0.05) is 52.0 Å². The number of hydrogen-bond acceptors (Lipinski definition) is 3. The van der Waals surface area contributed by atoms with Crippen molar-refractivity contribution in [3.8, 4) is 11.5 Å². The smallest absolute Gasteiger partial charge is 0.248 e. The first-order valence-electron chi connectivity index (χ1n) is 9.80. The molecule has 0 fully saturated rings. The second-order valence-corrected chi connectivity index (χ2v) is 7.29. The van der Waals surface area contributed by atoms with Gasteiger partial charge in [0.05, 0.1) is 13.7 Å². The van der Waals surface area contributed by atoms with Crippen LogP contribution in [0, 0.1) is 0 Å². The zero-order valence-electron chi connectivity index (χ0n) is 17.7. The van der Waals surface area contributed by atoms with E-state index in [9.17, 15) is 4.79 Å². The van der Waals surface area contributed by atoms with Crippen molar-refractivity contribution in [2.75, 3.05) is 19.0 Å². The molecule has 0 aliphatic rings. The third-order valence-electron chi connectivity index (χ3n) is 4.54. The van der Waals surface area contributed by atoms with E-state index in [1.54, 1.807) is 19.3 Å². The van der Waals surface area contributed by atoms with E-state index in [-0.39, 0.29) is 5.91 Å². The standard InChI is InChI=1S/C24H31NO3/c1-7-28-21-13-11-18(15-22(21)27-6)12-14-23(26)25-24-19(16(2)3)9-8-10-20(24)17(4)5/h8-17H,7H2,1-6H3,(H,25,26)/b14-12-. The van der Waals surface area contributed by atoms with Gasteiger partial charge in [0.15, 0.2) is 11.5 Å². The second-order valence-electron chi connectivity index (χ2n) is 7.29. The average Bonchev–Trinajstić information content (AvgIpc) is 2.67. The fourth-order valence-corrected chi connectivity index (χ4v) is 3.09. The van der Waals surface area contributed by atoms with Crippen LogP contribution in [0.4, 0.5) is 5.69 Å². The number of amides is 1. The highest BCUT2D eigenvalue weighted by atomic mass is 16.5. The van der Waals surface area contributed by atoms with E-state index < -0.39 is 0 Å². The molecule has 0 atom stereocenters. The molecule has 1 amide bonds. The van der Waals surface area contributed by atoms with Gasteiger partial charge in [0.2, 0.25) is 5.91 Å². The Bertz CT molecular complexity index is 811. The molecule has 2 rings (SSSR count). The molecule has 28 heavy (non-hydrogen) atoms. The molecule has 1 N–H and O–H groups in total. The normalized spacial score (nSPS) is 11.3. The summed E-state index contributed by atoms with van der Waals surface area (Å²) in [5, 5.41) is 3.09. The number of methoxy groups -OCH3 is 1. The zero-order valence-corrected chi connectivity index (χ0v) is 17.7. The third kappa shape index (κ3) is 5.38. The van der Waals surface area contributed by atoms with Crippen molar-refractivity contribution in [1.29, 1.82) is 0 Å². The van der Waals surface area contributed by atoms with Crippen LogP contribution in [0.15, 0.2) is 42.5 Å². The van der Waals surface area contributed by atoms with E-state index in [2.05, 4.69) is 51.2 Å². The lowest BCUT2D eigenvalue weighted by Gasteiger charge is -2.19. The van der Waals surface area contributed by atoms with Crippen LogP contribution >= 0.6 is 0 Å². The summed E-state index contributed by atoms with van der Waals surface area (Å²) >= 11 is 0. The number of para-hydroxylation sites is 1. The van der Waals surface area contributed by atoms with Crippen LogP contribution in [0.1, 0.15) is 63.1 Å². The summed E-state index contributed by atoms with van der Waals surface area (Å²) in [6.45, 7) is 11.0. The minimum absolute atomic E-state index is 0.150. The zero-order chi connectivity index (χ0) is 20.7. The van der Waals surface area contributed by atoms with Crippen molar-refractivity contribution < 1.29 is 14.3 Å². The SMILES string of the molecule is CCOc1ccc(/C=C\C(=O)Nc2c(C(C)C)cccc2C(C)C)cc1OC. The van der Waals surface area contributed by atoms with Crippen molar-refractivity contribution in [3.63, 3.8) is 0 Å². The lowest BCUT2D eigenvalue weighted by Crippen LogP contribution is -2.13. The van der Waals surface area contributed by atoms with Crippen LogP contribution in [0.2, 0.25) is 0 Å². The highest BCUT2D eigenvalue weighted by molar-refractivity contribution is 6.03. The summed E-state index contributed by atoms with van der Waals surface area (Å²) in [5.74, 6) is 1.85. The molecule has 0 radical (unpaired) electrons. The molecule has 0 bridgehead atoms. The number of ether oxygens (including phenoxy) is 2. The van der Waals surface area contributed by atoms with Crippen LogP contribution in [-0.2, 0) is 4.79 Å². The maximum Gasteiger partial charge on any atom is 0.248 e. The van der Waals surface area contributed by atoms with Crippen molar-refractivity contribution in [3.05, 3.63) is 59.2 Å². The predicted molar refractivity (Wildman–Crippen MR) is 116 cm³/mol. The minimum atomic E-state index is -0.150. The van der Waals surface area contributed by atoms with Gasteiger partial charge in [-0.05, 0) is 53.7 Å². The molecule has 0 aliphatic heterocycles. The van der Waals surface area contributed by atoms with E-state index in [1.807, 2.05) is 25.1 Å². The van der Waals surface area contributed by atoms with Gasteiger partial charge in [-0.3, -0.25) is 4.79 Å². The fraction of sp³-hybridized carbons (Fsp3) is 0.375. The first kappa shape index (κ1) is 21.5. The van der Waals surface area contributed by atoms with Crippen molar-refractivity contribution >= 4 is 17.7 Å². The summed E-state index contributed by atoms with van der Waals surface area (Å²) in [7, 11) is 1.61. The van der Waals surface area contributed by atoms with Gasteiger partial charge in [0.25, 0.3) is 0 Å². The fourth-order valence-electron chi connectivity index (χ4n) is 3.09. The molecule has 0 spiro atoms. The summed E-state index contributed by atoms with van der Waals surface area (Å²) in [4.78, 5) is 12.6. The average molecular weight is 382 g/mol. The van der Waals surface area contributed by atoms with Crippen LogP contribution < -0.4 is 14.8 Å². The lowest BCUT2D eigenvalue weighted by atomic mass is 9.92. The van der Waals surface area contributed by atoms with Gasteiger partial charge in [0, 0.05) is 11.8 Å². The largest absolute Gasteiger partial charge is 0.493 e. The van der Waals surface area contributed by atoms with Gasteiger partial charge in [-0.25, -0.2) is 0 Å². The maximum absolute atomic E-state index is 12.6. The number of carbonyl (C=O) groups excluding carboxylic acids is 1. The quantitative estimate of drug-likeness (QED) is 0.571. The summed E-state index contributed by atoms with van der Waals surface area (Å²) < 4.78 is 10.9. The number of benzene rings is 2. The van der Waals surface area contributed by atoms with E-state index in [4.69, 9.17) is 9.47 Å². The molecule has 150 valence electrons. The molecule has 0 heterocycles.